The SMILES string of the molecule is [F-].[F-].[F-].[F-].[F-].[F-].[F-].[F-].[F-].[F-].[F-].[F-].[F-].[F-].[F-].[F-].[F-].[F-].[F-].[F-].[F-].[F-].[F-].[F-].[K+].[K+].[K+].[K+].[K+].[K+].[K+].[K+].[Zr+4].[Zr+4].[Zr+4].[Zr+4]. The largest absolute Gasteiger partial charge is 4.00 e. The summed E-state index contributed by atoms with van der Waals surface area (Å²) in [5.41, 5.74) is 0. The van der Waals surface area contributed by atoms with Crippen molar-refractivity contribution in [2.45, 2.75) is 0 Å². The predicted octanol–water partition coefficient (Wildman–Crippen LogP) is -95.9. The van der Waals surface area contributed by atoms with Crippen LogP contribution in [-0.2, 0) is 105 Å². The van der Waals surface area contributed by atoms with Gasteiger partial charge < -0.3 is 113 Å². The molecule has 0 spiro atoms. The van der Waals surface area contributed by atoms with E-state index < -0.39 is 0 Å². The minimum absolute atomic E-state index is 0. The molecule has 0 amide bonds. The van der Waals surface area contributed by atoms with Crippen molar-refractivity contribution in [1.29, 1.82) is 0 Å². The Morgan fingerprint density at radius 3 is 0.0833 bits per heavy atom. The maximum absolute atomic E-state index is 0. The number of rotatable bonds is 0. The molecule has 0 aromatic carbocycles. The number of halogens is 24. The van der Waals surface area contributed by atoms with Crippen molar-refractivity contribution in [1.82, 2.24) is 0 Å². The van der Waals surface area contributed by atoms with Gasteiger partial charge in [-0.1, -0.05) is 0 Å². The zero-order valence-electron chi connectivity index (χ0n) is 19.1. The molecular formula is F24K8Zr4. The molecule has 0 N–H and O–H groups in total. The summed E-state index contributed by atoms with van der Waals surface area (Å²) in [6.07, 6.45) is 0. The summed E-state index contributed by atoms with van der Waals surface area (Å²) >= 11 is 0. The van der Waals surface area contributed by atoms with Crippen LogP contribution in [0, 0.1) is 0 Å². The van der Waals surface area contributed by atoms with Crippen LogP contribution in [0.1, 0.15) is 0 Å². The molecule has 0 radical (unpaired) electrons. The molecule has 192 valence electrons. The molecule has 0 aliphatic rings. The zero-order valence-corrected chi connectivity index (χ0v) is 53.9. The van der Waals surface area contributed by atoms with Crippen LogP contribution in [0.5, 0.6) is 0 Å². The minimum Gasteiger partial charge on any atom is -1.00 e. The van der Waals surface area contributed by atoms with E-state index in [0.717, 1.165) is 0 Å². The summed E-state index contributed by atoms with van der Waals surface area (Å²) in [4.78, 5) is 0. The van der Waals surface area contributed by atoms with Crippen LogP contribution in [0.25, 0.3) is 0 Å². The maximum atomic E-state index is 0. The fourth-order valence-corrected chi connectivity index (χ4v) is 0. The Balaban J connectivity index is 0. The van der Waals surface area contributed by atoms with Gasteiger partial charge in [-0.15, -0.1) is 0 Å². The van der Waals surface area contributed by atoms with Crippen LogP contribution < -0.4 is 524 Å². The Hall–Kier alpha value is 14.9. The van der Waals surface area contributed by atoms with E-state index in [1.807, 2.05) is 0 Å². The average Bonchev–Trinajstić information content (AvgIpc) is 0. The summed E-state index contributed by atoms with van der Waals surface area (Å²) in [6.45, 7) is 0. The molecule has 0 nitrogen and oxygen atoms in total. The van der Waals surface area contributed by atoms with E-state index >= 15 is 0 Å². The van der Waals surface area contributed by atoms with E-state index in [-0.39, 0.29) is 629 Å². The van der Waals surface area contributed by atoms with Crippen LogP contribution in [0.2, 0.25) is 0 Å². The van der Waals surface area contributed by atoms with Crippen LogP contribution in [0.4, 0.5) is 0 Å². The van der Waals surface area contributed by atoms with Gasteiger partial charge in [0.05, 0.1) is 0 Å². The van der Waals surface area contributed by atoms with Gasteiger partial charge in [-0.25, -0.2) is 0 Å². The van der Waals surface area contributed by atoms with Crippen LogP contribution in [0.3, 0.4) is 0 Å². The molecular weight excluding hydrogens is 1130 g/mol. The first kappa shape index (κ1) is 569. The summed E-state index contributed by atoms with van der Waals surface area (Å²) in [5.74, 6) is 0. The molecule has 0 heterocycles. The third-order valence-corrected chi connectivity index (χ3v) is 0. The zero-order chi connectivity index (χ0) is 0. The quantitative estimate of drug-likeness (QED) is 0.168. The third kappa shape index (κ3) is 504. The molecule has 0 saturated carbocycles. The number of hydrogen-bond donors (Lipinski definition) is 0. The van der Waals surface area contributed by atoms with Crippen molar-refractivity contribution in [3.63, 3.8) is 0 Å². The molecule has 0 aliphatic carbocycles. The van der Waals surface area contributed by atoms with Crippen molar-refractivity contribution >= 4 is 0 Å². The molecule has 0 aliphatic heterocycles. The fraction of sp³-hybridized carbons (Fsp3) is 0. The first-order chi connectivity index (χ1) is 0. The van der Waals surface area contributed by atoms with E-state index in [0.29, 0.717) is 0 Å². The van der Waals surface area contributed by atoms with Gasteiger partial charge in [-0.2, -0.15) is 0 Å². The van der Waals surface area contributed by atoms with Crippen LogP contribution in [-0.4, -0.2) is 0 Å². The van der Waals surface area contributed by atoms with Gasteiger partial charge >= 0.3 is 516 Å². The Bertz CT molecular complexity index is 44.1. The predicted molar refractivity (Wildman–Crippen MR) is 0 cm³/mol. The Morgan fingerprint density at radius 1 is 0.0833 bits per heavy atom. The summed E-state index contributed by atoms with van der Waals surface area (Å²) < 4.78 is 0. The standard InChI is InChI=1S/24FH.8K.4Zr/h24*1H;;;;;;;;;;;;/q;;;;;;;;;;;;;;;;;;;;;;;;8*+1;4*+4/p-24. The summed E-state index contributed by atoms with van der Waals surface area (Å²) in [7, 11) is 0. The van der Waals surface area contributed by atoms with Crippen LogP contribution >= 0.6 is 0 Å². The van der Waals surface area contributed by atoms with Gasteiger partial charge in [0.15, 0.2) is 0 Å². The van der Waals surface area contributed by atoms with Crippen molar-refractivity contribution in [3.05, 3.63) is 0 Å². The van der Waals surface area contributed by atoms with Gasteiger partial charge in [0.1, 0.15) is 0 Å². The normalized spacial score (nSPS) is 0. The molecule has 0 aromatic rings. The molecule has 0 atom stereocenters. The van der Waals surface area contributed by atoms with Gasteiger partial charge in [0, 0.05) is 0 Å². The monoisotopic (exact) mass is 1130 g/mol. The Labute approximate surface area is 607 Å². The van der Waals surface area contributed by atoms with E-state index in [4.69, 9.17) is 0 Å². The van der Waals surface area contributed by atoms with Gasteiger partial charge in [0.25, 0.3) is 0 Å². The Kier molecular flexibility index (Phi) is 8470. The molecule has 0 saturated heterocycles. The molecule has 0 unspecified atom stereocenters. The third-order valence-electron chi connectivity index (χ3n) is 0. The fourth-order valence-electron chi connectivity index (χ4n) is 0. The molecule has 0 fully saturated rings. The van der Waals surface area contributed by atoms with E-state index in [1.54, 1.807) is 0 Å². The molecule has 0 bridgehead atoms. The van der Waals surface area contributed by atoms with E-state index in [1.165, 1.54) is 0 Å². The summed E-state index contributed by atoms with van der Waals surface area (Å²) in [5, 5.41) is 0. The molecule has 0 aromatic heterocycles. The van der Waals surface area contributed by atoms with Crippen LogP contribution in [0.15, 0.2) is 0 Å². The average molecular weight is 1130 g/mol. The molecule has 36 heavy (non-hydrogen) atoms. The molecule has 36 heteroatoms. The second kappa shape index (κ2) is 536. The van der Waals surface area contributed by atoms with Crippen molar-refractivity contribution in [3.8, 4) is 0 Å². The van der Waals surface area contributed by atoms with Crippen molar-refractivity contribution in [2.75, 3.05) is 0 Å². The minimum atomic E-state index is 0. The van der Waals surface area contributed by atoms with Crippen molar-refractivity contribution < 1.29 is 629 Å². The second-order valence-corrected chi connectivity index (χ2v) is 0. The molecule has 0 rings (SSSR count). The van der Waals surface area contributed by atoms with Gasteiger partial charge in [-0.3, -0.25) is 0 Å². The number of hydrogen-bond acceptors (Lipinski definition) is 0. The first-order valence-electron chi connectivity index (χ1n) is 0. The summed E-state index contributed by atoms with van der Waals surface area (Å²) in [6, 6.07) is 0. The van der Waals surface area contributed by atoms with Crippen molar-refractivity contribution in [2.24, 2.45) is 0 Å². The van der Waals surface area contributed by atoms with E-state index in [2.05, 4.69) is 0 Å². The smallest absolute Gasteiger partial charge is 1.00 e. The van der Waals surface area contributed by atoms with E-state index in [9.17, 15) is 0 Å². The second-order valence-electron chi connectivity index (χ2n) is 0. The Morgan fingerprint density at radius 2 is 0.0833 bits per heavy atom. The van der Waals surface area contributed by atoms with Gasteiger partial charge in [-0.05, 0) is 0 Å². The topological polar surface area (TPSA) is 0 Å². The maximum Gasteiger partial charge on any atom is 4.00 e. The van der Waals surface area contributed by atoms with Gasteiger partial charge in [0.2, 0.25) is 0 Å². The first-order valence-corrected chi connectivity index (χ1v) is 0.